The third kappa shape index (κ3) is 7.38. The molecule has 0 spiro atoms. The summed E-state index contributed by atoms with van der Waals surface area (Å²) >= 11 is 3.24. The van der Waals surface area contributed by atoms with Crippen molar-refractivity contribution in [1.29, 1.82) is 0 Å². The minimum Gasteiger partial charge on any atom is -0.453 e. The van der Waals surface area contributed by atoms with E-state index >= 15 is 0 Å². The fraction of sp³-hybridized carbons (Fsp3) is 0.154. The molecule has 12 nitrogen and oxygen atoms in total. The van der Waals surface area contributed by atoms with Crippen LogP contribution in [0.1, 0.15) is 10.6 Å². The van der Waals surface area contributed by atoms with Crippen LogP contribution in [0.3, 0.4) is 0 Å². The van der Waals surface area contributed by atoms with Gasteiger partial charge in [-0.25, -0.2) is 19.6 Å². The van der Waals surface area contributed by atoms with Crippen LogP contribution in [0.4, 0.5) is 9.59 Å². The number of fused-ring (bicyclic) bond motifs is 2. The fourth-order valence-corrected chi connectivity index (χ4v) is 7.47. The number of alkyl carbamates (subject to hydrolysis) is 2. The van der Waals surface area contributed by atoms with Crippen molar-refractivity contribution in [3.8, 4) is 22.3 Å². The van der Waals surface area contributed by atoms with Crippen LogP contribution in [0.2, 0.25) is 0 Å². The maximum Gasteiger partial charge on any atom is 0.407 e. The highest BCUT2D eigenvalue weighted by Gasteiger charge is 2.13. The van der Waals surface area contributed by atoms with Crippen molar-refractivity contribution in [2.24, 2.45) is 0 Å². The van der Waals surface area contributed by atoms with Crippen LogP contribution in [-0.2, 0) is 19.1 Å². The van der Waals surface area contributed by atoms with E-state index in [1.165, 1.54) is 14.2 Å². The zero-order valence-electron chi connectivity index (χ0n) is 22.0. The molecule has 5 aromatic rings. The normalized spacial score (nSPS) is 11.3. The van der Waals surface area contributed by atoms with Crippen LogP contribution < -0.4 is 21.8 Å². The number of H-pyrrole nitrogens is 2. The summed E-state index contributed by atoms with van der Waals surface area (Å²) in [7, 11) is 2.03. The summed E-state index contributed by atoms with van der Waals surface area (Å²) < 4.78 is 11.2. The number of benzene rings is 1. The number of aromatic amines is 2. The van der Waals surface area contributed by atoms with Crippen LogP contribution in [0.15, 0.2) is 36.5 Å². The molecule has 0 aliphatic carbocycles. The highest BCUT2D eigenvalue weighted by Crippen LogP contribution is 2.38. The number of hydrogen-bond donors (Lipinski definition) is 4. The predicted molar refractivity (Wildman–Crippen MR) is 166 cm³/mol. The molecule has 4 heterocycles. The Bertz CT molecular complexity index is 1850. The Labute approximate surface area is 249 Å². The molecule has 16 heteroatoms. The first-order valence-electron chi connectivity index (χ1n) is 12.1. The first kappa shape index (κ1) is 29.4. The molecule has 2 unspecified atom stereocenters. The molecular formula is C26H22N6O6P2S2. The third-order valence-electron chi connectivity index (χ3n) is 5.54. The number of imidazole rings is 2. The van der Waals surface area contributed by atoms with Gasteiger partial charge in [0.1, 0.15) is 16.8 Å². The second kappa shape index (κ2) is 13.2. The summed E-state index contributed by atoms with van der Waals surface area (Å²) in [5.41, 5.74) is 3.92. The molecule has 42 heavy (non-hydrogen) atoms. The van der Waals surface area contributed by atoms with Crippen molar-refractivity contribution in [3.05, 3.63) is 47.1 Å². The van der Waals surface area contributed by atoms with Gasteiger partial charge in [-0.05, 0) is 41.7 Å². The number of amides is 2. The summed E-state index contributed by atoms with van der Waals surface area (Å²) in [5.74, 6) is 6.20. The predicted octanol–water partition coefficient (Wildman–Crippen LogP) is 3.00. The van der Waals surface area contributed by atoms with E-state index in [-0.39, 0.29) is 41.3 Å². The third-order valence-corrected chi connectivity index (χ3v) is 9.68. The summed E-state index contributed by atoms with van der Waals surface area (Å²) in [6.45, 7) is -0.246. The Morgan fingerprint density at radius 2 is 1.57 bits per heavy atom. The zero-order valence-corrected chi connectivity index (χ0v) is 25.7. The highest BCUT2D eigenvalue weighted by molar-refractivity contribution is 7.65. The number of carbonyl (C=O) groups is 4. The monoisotopic (exact) mass is 640 g/mol. The van der Waals surface area contributed by atoms with Gasteiger partial charge in [0.2, 0.25) is 0 Å². The van der Waals surface area contributed by atoms with Gasteiger partial charge >= 0.3 is 12.2 Å². The highest BCUT2D eigenvalue weighted by atomic mass is 32.1. The maximum atomic E-state index is 12.2. The number of methoxy groups -OCH3 is 2. The van der Waals surface area contributed by atoms with E-state index in [1.807, 2.05) is 24.3 Å². The zero-order chi connectivity index (χ0) is 29.6. The molecule has 4 aromatic heterocycles. The molecule has 1 aromatic carbocycles. The number of rotatable bonds is 9. The Balaban J connectivity index is 1.22. The molecule has 2 atom stereocenters. The van der Waals surface area contributed by atoms with Gasteiger partial charge in [0.25, 0.3) is 0 Å². The Morgan fingerprint density at radius 3 is 2.26 bits per heavy atom. The van der Waals surface area contributed by atoms with Crippen LogP contribution in [-0.4, -0.2) is 70.5 Å². The molecule has 0 saturated carbocycles. The first-order chi connectivity index (χ1) is 20.3. The van der Waals surface area contributed by atoms with Crippen LogP contribution in [0, 0.1) is 11.8 Å². The Morgan fingerprint density at radius 1 is 0.881 bits per heavy atom. The van der Waals surface area contributed by atoms with Gasteiger partial charge in [0.05, 0.1) is 49.4 Å². The lowest BCUT2D eigenvalue weighted by molar-refractivity contribution is -0.111. The summed E-state index contributed by atoms with van der Waals surface area (Å²) in [4.78, 5) is 63.4. The second-order valence-corrected chi connectivity index (χ2v) is 13.2. The Kier molecular flexibility index (Phi) is 9.25. The first-order valence-corrected chi connectivity index (χ1v) is 15.8. The van der Waals surface area contributed by atoms with E-state index in [0.717, 1.165) is 35.8 Å². The molecule has 0 aliphatic heterocycles. The molecule has 214 valence electrons. The van der Waals surface area contributed by atoms with Gasteiger partial charge in [-0.15, -0.1) is 22.7 Å². The van der Waals surface area contributed by atoms with Gasteiger partial charge in [-0.2, -0.15) is 0 Å². The number of thiophene rings is 2. The number of nitrogens with one attached hydrogen (secondary N) is 4. The van der Waals surface area contributed by atoms with Gasteiger partial charge in [0.15, 0.2) is 11.0 Å². The fourth-order valence-electron chi connectivity index (χ4n) is 3.64. The SMILES string of the molecule is COC(=O)NCC(=O)Pc1ncc(C#Cc2cc3sc(-c4ccc5nc(PC(=O)CNC(=O)OC)[nH]c5c4)cc3s2)[nH]1. The minimum atomic E-state index is -0.659. The quantitative estimate of drug-likeness (QED) is 0.141. The van der Waals surface area contributed by atoms with Crippen molar-refractivity contribution in [1.82, 2.24) is 30.6 Å². The van der Waals surface area contributed by atoms with E-state index in [4.69, 9.17) is 0 Å². The van der Waals surface area contributed by atoms with Crippen molar-refractivity contribution in [2.45, 2.75) is 0 Å². The number of carbonyl (C=O) groups excluding carboxylic acids is 4. The lowest BCUT2D eigenvalue weighted by Crippen LogP contribution is -2.28. The van der Waals surface area contributed by atoms with Crippen molar-refractivity contribution >= 4 is 94.6 Å². The number of nitrogens with zero attached hydrogens (tertiary/aromatic N) is 2. The number of ether oxygens (including phenoxy) is 2. The van der Waals surface area contributed by atoms with E-state index in [2.05, 4.69) is 58.0 Å². The van der Waals surface area contributed by atoms with Gasteiger partial charge in [-0.1, -0.05) is 6.07 Å². The largest absolute Gasteiger partial charge is 0.453 e. The van der Waals surface area contributed by atoms with E-state index < -0.39 is 12.2 Å². The standard InChI is InChI=1S/C26H22N6O6P2S2/c1-37-25(35)28-11-21(33)39-23-27-10-14(30-23)4-5-15-8-19-20(41-15)9-18(42-19)13-3-6-16-17(7-13)32-24(31-16)40-22(34)12-29-26(36)38-2/h3,6-10,39-40H,11-12H2,1-2H3,(H,27,30)(H,28,35)(H,29,36)(H,31,32). The van der Waals surface area contributed by atoms with Crippen LogP contribution >= 0.6 is 39.8 Å². The van der Waals surface area contributed by atoms with Crippen molar-refractivity contribution in [3.63, 3.8) is 0 Å². The van der Waals surface area contributed by atoms with Crippen molar-refractivity contribution < 1.29 is 28.7 Å². The van der Waals surface area contributed by atoms with Crippen LogP contribution in [0.25, 0.3) is 30.9 Å². The van der Waals surface area contributed by atoms with Gasteiger partial charge in [0, 0.05) is 31.4 Å². The Hall–Kier alpha value is -4.14. The smallest absolute Gasteiger partial charge is 0.407 e. The van der Waals surface area contributed by atoms with Crippen molar-refractivity contribution in [2.75, 3.05) is 27.3 Å². The molecule has 0 saturated heterocycles. The summed E-state index contributed by atoms with van der Waals surface area (Å²) in [5, 5.41) is 4.73. The van der Waals surface area contributed by atoms with Gasteiger partial charge in [-0.3, -0.25) is 9.59 Å². The topological polar surface area (TPSA) is 168 Å². The average Bonchev–Trinajstić information content (AvgIpc) is 3.76. The molecule has 0 aliphatic rings. The molecule has 0 radical (unpaired) electrons. The van der Waals surface area contributed by atoms with E-state index in [9.17, 15) is 19.2 Å². The molecule has 0 fully saturated rings. The minimum absolute atomic E-state index is 0.117. The molecule has 5 rings (SSSR count). The summed E-state index contributed by atoms with van der Waals surface area (Å²) in [6.07, 6.45) is 0.271. The van der Waals surface area contributed by atoms with Crippen LogP contribution in [0.5, 0.6) is 0 Å². The lowest BCUT2D eigenvalue weighted by Gasteiger charge is -2.01. The maximum absolute atomic E-state index is 12.2. The second-order valence-electron chi connectivity index (χ2n) is 8.45. The van der Waals surface area contributed by atoms with E-state index in [0.29, 0.717) is 16.8 Å². The summed E-state index contributed by atoms with van der Waals surface area (Å²) in [6, 6.07) is 10.1. The molecule has 4 N–H and O–H groups in total. The van der Waals surface area contributed by atoms with E-state index in [1.54, 1.807) is 28.9 Å². The number of hydrogen-bond acceptors (Lipinski definition) is 10. The molecule has 0 bridgehead atoms. The van der Waals surface area contributed by atoms with Gasteiger partial charge < -0.3 is 30.1 Å². The molecular weight excluding hydrogens is 618 g/mol. The lowest BCUT2D eigenvalue weighted by atomic mass is 10.1. The molecule has 2 amide bonds. The average molecular weight is 641 g/mol. The number of aromatic nitrogens is 4.